The van der Waals surface area contributed by atoms with E-state index >= 15 is 0 Å². The maximum Gasteiger partial charge on any atom is 0.490 e. The molecule has 0 saturated heterocycles. The third-order valence-electron chi connectivity index (χ3n) is 0.743. The zero-order valence-corrected chi connectivity index (χ0v) is 7.04. The Balaban J connectivity index is 3.54. The van der Waals surface area contributed by atoms with Gasteiger partial charge >= 0.3 is 12.1 Å². The second kappa shape index (κ2) is 4.58. The second-order valence-corrected chi connectivity index (χ2v) is 2.47. The second-order valence-electron chi connectivity index (χ2n) is 1.68. The van der Waals surface area contributed by atoms with Crippen molar-refractivity contribution in [2.24, 2.45) is 0 Å². The Morgan fingerprint density at radius 1 is 1.45 bits per heavy atom. The summed E-state index contributed by atoms with van der Waals surface area (Å²) in [7, 11) is 0. The van der Waals surface area contributed by atoms with Crippen LogP contribution >= 0.6 is 15.9 Å². The average Bonchev–Trinajstić information content (AvgIpc) is 1.86. The number of esters is 1. The van der Waals surface area contributed by atoms with Crippen LogP contribution < -0.4 is 0 Å². The van der Waals surface area contributed by atoms with Gasteiger partial charge in [0.15, 0.2) is 0 Å². The molecular formula is C5H6BrF3O2. The highest BCUT2D eigenvalue weighted by Gasteiger charge is 2.40. The minimum absolute atomic E-state index is 0.205. The fraction of sp³-hybridized carbons (Fsp3) is 0.800. The van der Waals surface area contributed by atoms with Crippen LogP contribution in [0.1, 0.15) is 6.42 Å². The summed E-state index contributed by atoms with van der Waals surface area (Å²) in [5.74, 6) is -2.13. The van der Waals surface area contributed by atoms with E-state index in [1.807, 2.05) is 0 Å². The maximum absolute atomic E-state index is 11.4. The van der Waals surface area contributed by atoms with E-state index in [9.17, 15) is 18.0 Å². The highest BCUT2D eigenvalue weighted by atomic mass is 79.9. The topological polar surface area (TPSA) is 26.3 Å². The van der Waals surface area contributed by atoms with Crippen molar-refractivity contribution in [2.75, 3.05) is 11.9 Å². The molecule has 0 fully saturated rings. The molecule has 0 aliphatic carbocycles. The Hall–Kier alpha value is -0.260. The molecule has 0 radical (unpaired) electrons. The lowest BCUT2D eigenvalue weighted by Crippen LogP contribution is -2.25. The van der Waals surface area contributed by atoms with E-state index in [4.69, 9.17) is 0 Å². The average molecular weight is 235 g/mol. The number of carbonyl (C=O) groups is 1. The summed E-state index contributed by atoms with van der Waals surface area (Å²) in [4.78, 5) is 9.98. The molecular weight excluding hydrogens is 229 g/mol. The van der Waals surface area contributed by atoms with Gasteiger partial charge in [0.05, 0.1) is 6.61 Å². The van der Waals surface area contributed by atoms with Crippen molar-refractivity contribution in [3.63, 3.8) is 0 Å². The molecule has 66 valence electrons. The molecule has 0 saturated carbocycles. The van der Waals surface area contributed by atoms with Gasteiger partial charge in [-0.15, -0.1) is 0 Å². The van der Waals surface area contributed by atoms with Gasteiger partial charge in [0, 0.05) is 5.33 Å². The van der Waals surface area contributed by atoms with Crippen LogP contribution in [-0.2, 0) is 9.53 Å². The first-order valence-corrected chi connectivity index (χ1v) is 3.90. The molecule has 0 rings (SSSR count). The molecule has 0 aliphatic heterocycles. The lowest BCUT2D eigenvalue weighted by molar-refractivity contribution is -0.199. The predicted octanol–water partition coefficient (Wildman–Crippen LogP) is 1.88. The van der Waals surface area contributed by atoms with E-state index in [1.54, 1.807) is 0 Å². The summed E-state index contributed by atoms with van der Waals surface area (Å²) in [5.41, 5.74) is 0. The molecule has 6 heteroatoms. The Kier molecular flexibility index (Phi) is 4.48. The van der Waals surface area contributed by atoms with Crippen molar-refractivity contribution in [3.05, 3.63) is 0 Å². The zero-order valence-electron chi connectivity index (χ0n) is 5.45. The van der Waals surface area contributed by atoms with E-state index in [0.717, 1.165) is 0 Å². The molecule has 2 nitrogen and oxygen atoms in total. The molecule has 0 aromatic heterocycles. The predicted molar refractivity (Wildman–Crippen MR) is 35.4 cm³/mol. The highest BCUT2D eigenvalue weighted by Crippen LogP contribution is 2.16. The van der Waals surface area contributed by atoms with Crippen LogP contribution in [0, 0.1) is 0 Å². The van der Waals surface area contributed by atoms with Crippen molar-refractivity contribution in [1.29, 1.82) is 0 Å². The van der Waals surface area contributed by atoms with E-state index < -0.39 is 12.1 Å². The molecule has 0 bridgehead atoms. The quantitative estimate of drug-likeness (QED) is 0.424. The molecule has 0 atom stereocenters. The first-order valence-electron chi connectivity index (χ1n) is 2.78. The molecule has 0 aliphatic rings. The molecule has 0 aromatic carbocycles. The summed E-state index contributed by atoms with van der Waals surface area (Å²) in [6, 6.07) is 0. The fourth-order valence-electron chi connectivity index (χ4n) is 0.301. The number of hydrogen-bond donors (Lipinski definition) is 0. The minimum atomic E-state index is -4.87. The smallest absolute Gasteiger partial charge is 0.459 e. The summed E-state index contributed by atoms with van der Waals surface area (Å²) < 4.78 is 38.0. The van der Waals surface area contributed by atoms with Gasteiger partial charge in [-0.05, 0) is 6.42 Å². The lowest BCUT2D eigenvalue weighted by atomic mass is 10.5. The van der Waals surface area contributed by atoms with Crippen LogP contribution in [0.5, 0.6) is 0 Å². The number of halogens is 4. The van der Waals surface area contributed by atoms with Crippen LogP contribution in [0.2, 0.25) is 0 Å². The van der Waals surface area contributed by atoms with Crippen LogP contribution in [0.15, 0.2) is 0 Å². The molecule has 0 aromatic rings. The summed E-state index contributed by atoms with van der Waals surface area (Å²) in [5, 5.41) is 0.512. The van der Waals surface area contributed by atoms with E-state index in [2.05, 4.69) is 20.7 Å². The summed E-state index contributed by atoms with van der Waals surface area (Å²) >= 11 is 2.98. The van der Waals surface area contributed by atoms with Gasteiger partial charge in [-0.1, -0.05) is 15.9 Å². The van der Waals surface area contributed by atoms with Crippen molar-refractivity contribution < 1.29 is 22.7 Å². The summed E-state index contributed by atoms with van der Waals surface area (Å²) in [6.07, 6.45) is -4.49. The molecule has 0 spiro atoms. The Morgan fingerprint density at radius 2 is 2.00 bits per heavy atom. The van der Waals surface area contributed by atoms with Gasteiger partial charge in [-0.3, -0.25) is 0 Å². The monoisotopic (exact) mass is 234 g/mol. The van der Waals surface area contributed by atoms with Gasteiger partial charge in [0.25, 0.3) is 0 Å². The van der Waals surface area contributed by atoms with Gasteiger partial charge in [0.1, 0.15) is 0 Å². The van der Waals surface area contributed by atoms with Crippen molar-refractivity contribution in [2.45, 2.75) is 12.6 Å². The molecule has 0 amide bonds. The molecule has 0 heterocycles. The molecule has 0 N–H and O–H groups in total. The van der Waals surface area contributed by atoms with Crippen LogP contribution in [0.25, 0.3) is 0 Å². The summed E-state index contributed by atoms with van der Waals surface area (Å²) in [6.45, 7) is -0.205. The first kappa shape index (κ1) is 10.7. The maximum atomic E-state index is 11.4. The standard InChI is InChI=1S/C5H6BrF3O2/c6-2-1-3-11-4(10)5(7,8)9/h1-3H2. The molecule has 0 unspecified atom stereocenters. The van der Waals surface area contributed by atoms with E-state index in [-0.39, 0.29) is 6.61 Å². The fourth-order valence-corrected chi connectivity index (χ4v) is 0.530. The third kappa shape index (κ3) is 5.06. The zero-order chi connectivity index (χ0) is 8.91. The third-order valence-corrected chi connectivity index (χ3v) is 1.30. The lowest BCUT2D eigenvalue weighted by Gasteiger charge is -2.05. The van der Waals surface area contributed by atoms with Crippen LogP contribution in [0.4, 0.5) is 13.2 Å². The largest absolute Gasteiger partial charge is 0.490 e. The van der Waals surface area contributed by atoms with Crippen LogP contribution in [-0.4, -0.2) is 24.1 Å². The van der Waals surface area contributed by atoms with Crippen molar-refractivity contribution in [3.8, 4) is 0 Å². The number of ether oxygens (including phenoxy) is 1. The van der Waals surface area contributed by atoms with Gasteiger partial charge < -0.3 is 4.74 Å². The van der Waals surface area contributed by atoms with Crippen LogP contribution in [0.3, 0.4) is 0 Å². The SMILES string of the molecule is O=C(OCCCBr)C(F)(F)F. The van der Waals surface area contributed by atoms with E-state index in [1.165, 1.54) is 0 Å². The molecule has 11 heavy (non-hydrogen) atoms. The first-order chi connectivity index (χ1) is 4.98. The number of hydrogen-bond acceptors (Lipinski definition) is 2. The Bertz CT molecular complexity index is 134. The number of rotatable bonds is 3. The van der Waals surface area contributed by atoms with Gasteiger partial charge in [-0.2, -0.15) is 13.2 Å². The Morgan fingerprint density at radius 3 is 2.36 bits per heavy atom. The van der Waals surface area contributed by atoms with E-state index in [0.29, 0.717) is 11.8 Å². The van der Waals surface area contributed by atoms with Gasteiger partial charge in [0.2, 0.25) is 0 Å². The minimum Gasteiger partial charge on any atom is -0.459 e. The normalized spacial score (nSPS) is 11.3. The van der Waals surface area contributed by atoms with Crippen molar-refractivity contribution >= 4 is 21.9 Å². The Labute approximate surface area is 69.8 Å². The van der Waals surface area contributed by atoms with Gasteiger partial charge in [-0.25, -0.2) is 4.79 Å². The van der Waals surface area contributed by atoms with Crippen molar-refractivity contribution in [1.82, 2.24) is 0 Å². The highest BCUT2D eigenvalue weighted by molar-refractivity contribution is 9.09. The number of alkyl halides is 4. The number of carbonyl (C=O) groups excluding carboxylic acids is 1.